The number of piperidine rings is 1. The Labute approximate surface area is 98.0 Å². The largest absolute Gasteiger partial charge is 0.395 e. The minimum atomic E-state index is -3.41. The van der Waals surface area contributed by atoms with Crippen LogP contribution >= 0.6 is 0 Å². The molecule has 0 saturated carbocycles. The van der Waals surface area contributed by atoms with Crippen LogP contribution in [0.25, 0.3) is 0 Å². The van der Waals surface area contributed by atoms with Gasteiger partial charge < -0.3 is 5.11 Å². The number of aliphatic hydroxyl groups excluding tert-OH is 1. The van der Waals surface area contributed by atoms with Gasteiger partial charge in [0.1, 0.15) is 0 Å². The molecule has 0 bridgehead atoms. The van der Waals surface area contributed by atoms with Crippen LogP contribution < -0.4 is 4.72 Å². The van der Waals surface area contributed by atoms with E-state index in [1.54, 1.807) is 0 Å². The van der Waals surface area contributed by atoms with E-state index in [0.29, 0.717) is 25.4 Å². The number of nitrogens with one attached hydrogen (secondary N) is 1. The van der Waals surface area contributed by atoms with Crippen LogP contribution in [0.5, 0.6) is 0 Å². The maximum atomic E-state index is 11.9. The van der Waals surface area contributed by atoms with E-state index in [-0.39, 0.29) is 12.6 Å². The van der Waals surface area contributed by atoms with E-state index < -0.39 is 10.2 Å². The van der Waals surface area contributed by atoms with Crippen molar-refractivity contribution in [2.45, 2.75) is 39.2 Å². The minimum absolute atomic E-state index is 0.153. The van der Waals surface area contributed by atoms with Gasteiger partial charge in [-0.25, -0.2) is 0 Å². The Bertz CT molecular complexity index is 293. The second-order valence-corrected chi connectivity index (χ2v) is 6.19. The highest BCUT2D eigenvalue weighted by Gasteiger charge is 2.27. The maximum Gasteiger partial charge on any atom is 0.279 e. The first kappa shape index (κ1) is 13.9. The van der Waals surface area contributed by atoms with Crippen molar-refractivity contribution in [3.63, 3.8) is 0 Å². The number of hydrogen-bond acceptors (Lipinski definition) is 3. The van der Waals surface area contributed by atoms with Gasteiger partial charge in [0.15, 0.2) is 0 Å². The number of nitrogens with zero attached hydrogens (tertiary/aromatic N) is 1. The van der Waals surface area contributed by atoms with Crippen LogP contribution in [0.4, 0.5) is 0 Å². The SMILES string of the molecule is CCC(CO)NS(=O)(=O)N1CCC(C)CC1. The van der Waals surface area contributed by atoms with Crippen molar-refractivity contribution >= 4 is 10.2 Å². The lowest BCUT2D eigenvalue weighted by atomic mass is 10.0. The van der Waals surface area contributed by atoms with Gasteiger partial charge in [-0.15, -0.1) is 0 Å². The van der Waals surface area contributed by atoms with Crippen LogP contribution in [0.2, 0.25) is 0 Å². The van der Waals surface area contributed by atoms with Crippen LogP contribution in [0, 0.1) is 5.92 Å². The van der Waals surface area contributed by atoms with Crippen molar-refractivity contribution < 1.29 is 13.5 Å². The van der Waals surface area contributed by atoms with Gasteiger partial charge in [-0.1, -0.05) is 13.8 Å². The fourth-order valence-corrected chi connectivity index (χ4v) is 3.26. The fraction of sp³-hybridized carbons (Fsp3) is 1.00. The molecule has 0 amide bonds. The Morgan fingerprint density at radius 2 is 2.00 bits per heavy atom. The van der Waals surface area contributed by atoms with Gasteiger partial charge >= 0.3 is 0 Å². The second-order valence-electron chi connectivity index (χ2n) is 4.49. The maximum absolute atomic E-state index is 11.9. The summed E-state index contributed by atoms with van der Waals surface area (Å²) in [6.45, 7) is 5.00. The highest BCUT2D eigenvalue weighted by Crippen LogP contribution is 2.18. The molecule has 1 fully saturated rings. The quantitative estimate of drug-likeness (QED) is 0.738. The van der Waals surface area contributed by atoms with Crippen LogP contribution in [0.1, 0.15) is 33.1 Å². The van der Waals surface area contributed by atoms with Gasteiger partial charge in [0.25, 0.3) is 10.2 Å². The Hall–Kier alpha value is -0.170. The highest BCUT2D eigenvalue weighted by molar-refractivity contribution is 7.87. The van der Waals surface area contributed by atoms with Crippen molar-refractivity contribution in [2.24, 2.45) is 5.92 Å². The molecular formula is C10H22N2O3S. The first-order valence-electron chi connectivity index (χ1n) is 5.87. The van der Waals surface area contributed by atoms with Crippen molar-refractivity contribution in [1.82, 2.24) is 9.03 Å². The van der Waals surface area contributed by atoms with E-state index in [1.165, 1.54) is 4.31 Å². The number of aliphatic hydroxyl groups is 1. The monoisotopic (exact) mass is 250 g/mol. The van der Waals surface area contributed by atoms with Gasteiger partial charge in [-0.05, 0) is 25.2 Å². The zero-order valence-corrected chi connectivity index (χ0v) is 10.8. The fourth-order valence-electron chi connectivity index (χ4n) is 1.76. The van der Waals surface area contributed by atoms with Gasteiger partial charge in [0.05, 0.1) is 6.61 Å². The molecule has 0 radical (unpaired) electrons. The summed E-state index contributed by atoms with van der Waals surface area (Å²) in [5.74, 6) is 0.603. The lowest BCUT2D eigenvalue weighted by Crippen LogP contribution is -2.48. The molecule has 6 heteroatoms. The topological polar surface area (TPSA) is 69.6 Å². The molecule has 1 atom stereocenters. The molecule has 5 nitrogen and oxygen atoms in total. The number of hydrogen-bond donors (Lipinski definition) is 2. The summed E-state index contributed by atoms with van der Waals surface area (Å²) in [6, 6.07) is -0.371. The molecular weight excluding hydrogens is 228 g/mol. The van der Waals surface area contributed by atoms with E-state index >= 15 is 0 Å². The molecule has 1 saturated heterocycles. The van der Waals surface area contributed by atoms with E-state index in [2.05, 4.69) is 11.6 Å². The summed E-state index contributed by atoms with van der Waals surface area (Å²) in [5, 5.41) is 8.98. The van der Waals surface area contributed by atoms with Crippen molar-refractivity contribution in [2.75, 3.05) is 19.7 Å². The average Bonchev–Trinajstić information content (AvgIpc) is 2.26. The molecule has 1 aliphatic heterocycles. The zero-order valence-electron chi connectivity index (χ0n) is 10.0. The summed E-state index contributed by atoms with van der Waals surface area (Å²) in [5.41, 5.74) is 0. The van der Waals surface area contributed by atoms with Crippen LogP contribution in [0.15, 0.2) is 0 Å². The number of rotatable bonds is 5. The van der Waals surface area contributed by atoms with Crippen LogP contribution in [-0.4, -0.2) is 43.6 Å². The molecule has 2 N–H and O–H groups in total. The Kier molecular flexibility index (Phi) is 5.17. The van der Waals surface area contributed by atoms with Crippen molar-refractivity contribution in [1.29, 1.82) is 0 Å². The summed E-state index contributed by atoms with van der Waals surface area (Å²) < 4.78 is 27.9. The lowest BCUT2D eigenvalue weighted by Gasteiger charge is -2.30. The predicted molar refractivity (Wildman–Crippen MR) is 63.2 cm³/mol. The minimum Gasteiger partial charge on any atom is -0.395 e. The molecule has 0 aromatic heterocycles. The third-order valence-corrected chi connectivity index (χ3v) is 4.79. The molecule has 1 aliphatic rings. The molecule has 0 aromatic carbocycles. The summed E-state index contributed by atoms with van der Waals surface area (Å²) in [6.07, 6.45) is 2.42. The van der Waals surface area contributed by atoms with Gasteiger partial charge in [-0.2, -0.15) is 17.4 Å². The van der Waals surface area contributed by atoms with Gasteiger partial charge in [-0.3, -0.25) is 0 Å². The Morgan fingerprint density at radius 3 is 2.44 bits per heavy atom. The summed E-state index contributed by atoms with van der Waals surface area (Å²) in [4.78, 5) is 0. The van der Waals surface area contributed by atoms with Crippen molar-refractivity contribution in [3.8, 4) is 0 Å². The molecule has 1 unspecified atom stereocenters. The standard InChI is InChI=1S/C10H22N2O3S/c1-3-10(8-13)11-16(14,15)12-6-4-9(2)5-7-12/h9-11,13H,3-8H2,1-2H3. The third-order valence-electron chi connectivity index (χ3n) is 3.11. The smallest absolute Gasteiger partial charge is 0.279 e. The summed E-state index contributed by atoms with van der Waals surface area (Å²) >= 11 is 0. The molecule has 1 heterocycles. The highest BCUT2D eigenvalue weighted by atomic mass is 32.2. The van der Waals surface area contributed by atoms with Crippen LogP contribution in [0.3, 0.4) is 0 Å². The van der Waals surface area contributed by atoms with E-state index in [0.717, 1.165) is 12.8 Å². The van der Waals surface area contributed by atoms with E-state index in [9.17, 15) is 8.42 Å². The molecule has 0 aliphatic carbocycles. The second kappa shape index (κ2) is 5.95. The third kappa shape index (κ3) is 3.69. The molecule has 1 rings (SSSR count). The van der Waals surface area contributed by atoms with Gasteiger partial charge in [0, 0.05) is 19.1 Å². The lowest BCUT2D eigenvalue weighted by molar-refractivity contribution is 0.245. The first-order valence-corrected chi connectivity index (χ1v) is 7.31. The predicted octanol–water partition coefficient (Wildman–Crippen LogP) is 0.324. The van der Waals surface area contributed by atoms with E-state index in [4.69, 9.17) is 5.11 Å². The van der Waals surface area contributed by atoms with Crippen LogP contribution in [-0.2, 0) is 10.2 Å². The first-order chi connectivity index (χ1) is 7.49. The molecule has 0 aromatic rings. The summed E-state index contributed by atoms with van der Waals surface area (Å²) in [7, 11) is -3.41. The average molecular weight is 250 g/mol. The normalized spacial score (nSPS) is 22.2. The zero-order chi connectivity index (χ0) is 12.2. The van der Waals surface area contributed by atoms with Gasteiger partial charge in [0.2, 0.25) is 0 Å². The molecule has 96 valence electrons. The molecule has 16 heavy (non-hydrogen) atoms. The van der Waals surface area contributed by atoms with Crippen molar-refractivity contribution in [3.05, 3.63) is 0 Å². The molecule has 0 spiro atoms. The van der Waals surface area contributed by atoms with E-state index in [1.807, 2.05) is 6.92 Å². The Balaban J connectivity index is 2.56. The Morgan fingerprint density at radius 1 is 1.44 bits per heavy atom.